The first-order valence-electron chi connectivity index (χ1n) is 9.50. The van der Waals surface area contributed by atoms with Gasteiger partial charge in [-0.15, -0.1) is 0 Å². The van der Waals surface area contributed by atoms with Crippen LogP contribution in [0.1, 0.15) is 57.3 Å². The number of carbonyl (C=O) groups is 1. The normalized spacial score (nSPS) is 11.2. The summed E-state index contributed by atoms with van der Waals surface area (Å²) in [6.45, 7) is 10.1. The van der Waals surface area contributed by atoms with Crippen LogP contribution in [0.5, 0.6) is 5.75 Å². The van der Waals surface area contributed by atoms with E-state index >= 15 is 0 Å². The zero-order chi connectivity index (χ0) is 19.0. The Morgan fingerprint density at radius 3 is 2.42 bits per heavy atom. The molecule has 3 heteroatoms. The van der Waals surface area contributed by atoms with Gasteiger partial charge in [0.05, 0.1) is 6.61 Å². The van der Waals surface area contributed by atoms with Crippen LogP contribution in [0.15, 0.2) is 48.5 Å². The Labute approximate surface area is 157 Å². The van der Waals surface area contributed by atoms with Gasteiger partial charge in [0.25, 0.3) is 5.91 Å². The largest absolute Gasteiger partial charge is 0.494 e. The highest BCUT2D eigenvalue weighted by Gasteiger charge is 2.11. The second-order valence-electron chi connectivity index (χ2n) is 7.87. The van der Waals surface area contributed by atoms with Crippen LogP contribution in [-0.4, -0.2) is 19.1 Å². The van der Waals surface area contributed by atoms with E-state index in [1.54, 1.807) is 0 Å². The molecule has 0 atom stereocenters. The van der Waals surface area contributed by atoms with Crippen molar-refractivity contribution in [3.8, 4) is 16.9 Å². The lowest BCUT2D eigenvalue weighted by Gasteiger charge is -2.18. The maximum Gasteiger partial charge on any atom is 0.251 e. The highest BCUT2D eigenvalue weighted by Crippen LogP contribution is 2.24. The monoisotopic (exact) mass is 353 g/mol. The van der Waals surface area contributed by atoms with Crippen LogP contribution in [0, 0.1) is 5.41 Å². The van der Waals surface area contributed by atoms with Gasteiger partial charge in [0.1, 0.15) is 5.75 Å². The average Bonchev–Trinajstić information content (AvgIpc) is 2.61. The van der Waals surface area contributed by atoms with E-state index in [0.717, 1.165) is 42.7 Å². The molecule has 0 saturated carbocycles. The van der Waals surface area contributed by atoms with Crippen molar-refractivity contribution in [3.63, 3.8) is 0 Å². The number of carbonyl (C=O) groups excluding carboxylic acids is 1. The molecule has 0 aliphatic carbocycles. The van der Waals surface area contributed by atoms with E-state index in [9.17, 15) is 4.79 Å². The molecule has 0 saturated heterocycles. The summed E-state index contributed by atoms with van der Waals surface area (Å²) in [5, 5.41) is 2.99. The molecule has 140 valence electrons. The first-order valence-corrected chi connectivity index (χ1v) is 9.50. The molecule has 2 aromatic rings. The summed E-state index contributed by atoms with van der Waals surface area (Å²) in [6, 6.07) is 15.8. The highest BCUT2D eigenvalue weighted by molar-refractivity contribution is 5.94. The van der Waals surface area contributed by atoms with Crippen molar-refractivity contribution < 1.29 is 9.53 Å². The minimum Gasteiger partial charge on any atom is -0.494 e. The Bertz CT molecular complexity index is 699. The summed E-state index contributed by atoms with van der Waals surface area (Å²) < 4.78 is 5.78. The lowest BCUT2D eigenvalue weighted by molar-refractivity contribution is 0.0949. The summed E-state index contributed by atoms with van der Waals surface area (Å²) in [5.74, 6) is 0.873. The predicted molar refractivity (Wildman–Crippen MR) is 109 cm³/mol. The Kier molecular flexibility index (Phi) is 7.26. The van der Waals surface area contributed by atoms with E-state index in [2.05, 4.69) is 39.1 Å². The van der Waals surface area contributed by atoms with Gasteiger partial charge in [0.15, 0.2) is 0 Å². The van der Waals surface area contributed by atoms with E-state index in [0.29, 0.717) is 12.1 Å². The quantitative estimate of drug-likeness (QED) is 0.618. The smallest absolute Gasteiger partial charge is 0.251 e. The first-order chi connectivity index (χ1) is 12.4. The lowest BCUT2D eigenvalue weighted by Crippen LogP contribution is -2.27. The minimum absolute atomic E-state index is 0.0163. The number of hydrogen-bond acceptors (Lipinski definition) is 2. The van der Waals surface area contributed by atoms with Crippen molar-refractivity contribution in [2.24, 2.45) is 5.41 Å². The number of hydrogen-bond donors (Lipinski definition) is 1. The molecule has 26 heavy (non-hydrogen) atoms. The first kappa shape index (κ1) is 20.0. The lowest BCUT2D eigenvalue weighted by atomic mass is 9.92. The summed E-state index contributed by atoms with van der Waals surface area (Å²) >= 11 is 0. The van der Waals surface area contributed by atoms with E-state index in [1.165, 1.54) is 0 Å². The third-order valence-electron chi connectivity index (χ3n) is 4.24. The standard InChI is InChI=1S/C23H31NO2/c1-5-6-16-26-21-9-7-8-20(17-21)18-10-12-19(13-11-18)22(25)24-15-14-23(2,3)4/h7-13,17H,5-6,14-16H2,1-4H3,(H,24,25). The van der Waals surface area contributed by atoms with Crippen molar-refractivity contribution in [1.29, 1.82) is 0 Å². The maximum atomic E-state index is 12.2. The van der Waals surface area contributed by atoms with Gasteiger partial charge in [-0.25, -0.2) is 0 Å². The summed E-state index contributed by atoms with van der Waals surface area (Å²) in [5.41, 5.74) is 3.09. The SMILES string of the molecule is CCCCOc1cccc(-c2ccc(C(=O)NCCC(C)(C)C)cc2)c1. The van der Waals surface area contributed by atoms with Crippen LogP contribution >= 0.6 is 0 Å². The Balaban J connectivity index is 1.98. The molecule has 0 heterocycles. The summed E-state index contributed by atoms with van der Waals surface area (Å²) in [6.07, 6.45) is 3.14. The van der Waals surface area contributed by atoms with Gasteiger partial charge < -0.3 is 10.1 Å². The number of nitrogens with one attached hydrogen (secondary N) is 1. The van der Waals surface area contributed by atoms with Crippen LogP contribution in [0.4, 0.5) is 0 Å². The Hall–Kier alpha value is -2.29. The zero-order valence-corrected chi connectivity index (χ0v) is 16.5. The van der Waals surface area contributed by atoms with Crippen LogP contribution in [-0.2, 0) is 0 Å². The molecule has 0 radical (unpaired) electrons. The van der Waals surface area contributed by atoms with Gasteiger partial charge in [-0.2, -0.15) is 0 Å². The molecule has 0 bridgehead atoms. The van der Waals surface area contributed by atoms with Crippen molar-refractivity contribution in [3.05, 3.63) is 54.1 Å². The van der Waals surface area contributed by atoms with E-state index in [-0.39, 0.29) is 11.3 Å². The van der Waals surface area contributed by atoms with E-state index < -0.39 is 0 Å². The zero-order valence-electron chi connectivity index (χ0n) is 16.5. The van der Waals surface area contributed by atoms with Gasteiger partial charge in [-0.1, -0.05) is 58.4 Å². The molecule has 0 spiro atoms. The van der Waals surface area contributed by atoms with Crippen molar-refractivity contribution in [2.75, 3.05) is 13.2 Å². The molecule has 0 unspecified atom stereocenters. The van der Waals surface area contributed by atoms with Gasteiger partial charge >= 0.3 is 0 Å². The van der Waals surface area contributed by atoms with Crippen LogP contribution < -0.4 is 10.1 Å². The van der Waals surface area contributed by atoms with Gasteiger partial charge in [-0.3, -0.25) is 4.79 Å². The Morgan fingerprint density at radius 2 is 1.77 bits per heavy atom. The second-order valence-corrected chi connectivity index (χ2v) is 7.87. The molecule has 1 amide bonds. The fourth-order valence-corrected chi connectivity index (χ4v) is 2.57. The maximum absolute atomic E-state index is 12.2. The van der Waals surface area contributed by atoms with Crippen LogP contribution in [0.2, 0.25) is 0 Å². The fourth-order valence-electron chi connectivity index (χ4n) is 2.57. The molecule has 1 N–H and O–H groups in total. The molecule has 0 fully saturated rings. The predicted octanol–water partition coefficient (Wildman–Crippen LogP) is 5.70. The summed E-state index contributed by atoms with van der Waals surface area (Å²) in [7, 11) is 0. The van der Waals surface area contributed by atoms with Gasteiger partial charge in [0.2, 0.25) is 0 Å². The molecule has 0 aliphatic heterocycles. The number of unbranched alkanes of at least 4 members (excludes halogenated alkanes) is 1. The van der Waals surface area contributed by atoms with Crippen LogP contribution in [0.25, 0.3) is 11.1 Å². The number of rotatable bonds is 8. The third kappa shape index (κ3) is 6.55. The van der Waals surface area contributed by atoms with Gasteiger partial charge in [-0.05, 0) is 53.6 Å². The average molecular weight is 354 g/mol. The summed E-state index contributed by atoms with van der Waals surface area (Å²) in [4.78, 5) is 12.2. The molecule has 0 aliphatic rings. The molecule has 3 nitrogen and oxygen atoms in total. The van der Waals surface area contributed by atoms with Crippen molar-refractivity contribution in [1.82, 2.24) is 5.32 Å². The molecular weight excluding hydrogens is 322 g/mol. The second kappa shape index (κ2) is 9.42. The topological polar surface area (TPSA) is 38.3 Å². The van der Waals surface area contributed by atoms with Gasteiger partial charge in [0, 0.05) is 12.1 Å². The van der Waals surface area contributed by atoms with Crippen LogP contribution in [0.3, 0.4) is 0 Å². The fraction of sp³-hybridized carbons (Fsp3) is 0.435. The minimum atomic E-state index is -0.0163. The molecule has 0 aromatic heterocycles. The molecule has 2 rings (SSSR count). The third-order valence-corrected chi connectivity index (χ3v) is 4.24. The number of amides is 1. The number of benzene rings is 2. The molecular formula is C23H31NO2. The number of ether oxygens (including phenoxy) is 1. The van der Waals surface area contributed by atoms with E-state index in [4.69, 9.17) is 4.74 Å². The highest BCUT2D eigenvalue weighted by atomic mass is 16.5. The van der Waals surface area contributed by atoms with E-state index in [1.807, 2.05) is 42.5 Å². The van der Waals surface area contributed by atoms with Crippen molar-refractivity contribution in [2.45, 2.75) is 47.0 Å². The molecule has 2 aromatic carbocycles. The Morgan fingerprint density at radius 1 is 1.04 bits per heavy atom. The van der Waals surface area contributed by atoms with Crippen molar-refractivity contribution >= 4 is 5.91 Å².